The molecule has 0 radical (unpaired) electrons. The largest absolute Gasteiger partial charge is 0.627 e. The molecule has 10 heteroatoms. The van der Waals surface area contributed by atoms with E-state index in [4.69, 9.17) is 0 Å². The molecule has 0 aliphatic carbocycles. The Kier molecular flexibility index (Phi) is 12.0. The van der Waals surface area contributed by atoms with Crippen molar-refractivity contribution in [1.82, 2.24) is 9.34 Å². The molecule has 2 aliphatic heterocycles. The molecule has 0 bridgehead atoms. The summed E-state index contributed by atoms with van der Waals surface area (Å²) in [4.78, 5) is 33.7. The first-order valence-corrected chi connectivity index (χ1v) is 25.5. The van der Waals surface area contributed by atoms with Crippen LogP contribution in [0.4, 0.5) is 45.5 Å². The van der Waals surface area contributed by atoms with Gasteiger partial charge in [0.05, 0.1) is 45.5 Å². The third kappa shape index (κ3) is 7.57. The predicted octanol–water partition coefficient (Wildman–Crippen LogP) is 13.4. The van der Waals surface area contributed by atoms with Crippen molar-refractivity contribution in [1.29, 1.82) is 0 Å². The number of hydrogen-bond donors (Lipinski definition) is 0. The van der Waals surface area contributed by atoms with Crippen LogP contribution in [0.3, 0.4) is 0 Å². The van der Waals surface area contributed by atoms with Gasteiger partial charge < -0.3 is 9.79 Å². The molecule has 0 atom stereocenters. The Morgan fingerprint density at radius 2 is 0.523 bits per heavy atom. The molecule has 0 saturated carbocycles. The van der Waals surface area contributed by atoms with Crippen molar-refractivity contribution in [3.8, 4) is 22.3 Å². The second-order valence-electron chi connectivity index (χ2n) is 16.5. The SMILES string of the molecule is CN(CCCCCN(C)[P+]1([O-])N(c2ccccc2)c2ccccc2-c2ccccc2N1c1ccccc1)[P+]1([O-])N(c2ccccc2)c2ccccc2-c2ccccc2N1c1ccccc1. The second kappa shape index (κ2) is 18.3. The number of hydrogen-bond acceptors (Lipinski definition) is 8. The lowest BCUT2D eigenvalue weighted by Gasteiger charge is -2.50. The van der Waals surface area contributed by atoms with Crippen LogP contribution < -0.4 is 28.5 Å². The summed E-state index contributed by atoms with van der Waals surface area (Å²) in [6.45, 7) is 1.12. The summed E-state index contributed by atoms with van der Waals surface area (Å²) in [6.07, 6.45) is 2.36. The van der Waals surface area contributed by atoms with Crippen molar-refractivity contribution in [2.45, 2.75) is 19.3 Å². The Morgan fingerprint density at radius 3 is 0.769 bits per heavy atom. The van der Waals surface area contributed by atoms with Crippen LogP contribution >= 0.6 is 15.9 Å². The van der Waals surface area contributed by atoms with Crippen LogP contribution in [0.5, 0.6) is 0 Å². The number of nitrogens with zero attached hydrogens (tertiary/aromatic N) is 6. The van der Waals surface area contributed by atoms with Crippen LogP contribution in [0.15, 0.2) is 218 Å². The number of rotatable bonds is 12. The molecule has 2 heterocycles. The zero-order valence-electron chi connectivity index (χ0n) is 36.7. The van der Waals surface area contributed by atoms with E-state index < -0.39 is 15.9 Å². The molecular formula is C55H52N6O2P2. The topological polar surface area (TPSA) is 65.6 Å². The summed E-state index contributed by atoms with van der Waals surface area (Å²) in [6, 6.07) is 73.8. The van der Waals surface area contributed by atoms with Crippen molar-refractivity contribution in [2.24, 2.45) is 0 Å². The smallest absolute Gasteiger partial charge is 0.243 e. The zero-order chi connectivity index (χ0) is 44.4. The quantitative estimate of drug-likeness (QED) is 0.0888. The van der Waals surface area contributed by atoms with Gasteiger partial charge in [0.25, 0.3) is 0 Å². The first-order chi connectivity index (χ1) is 31.9. The lowest BCUT2D eigenvalue weighted by Crippen LogP contribution is -2.47. The lowest BCUT2D eigenvalue weighted by molar-refractivity contribution is -0.182. The number of benzene rings is 8. The van der Waals surface area contributed by atoms with Gasteiger partial charge in [-0.1, -0.05) is 152 Å². The maximum Gasteiger partial charge on any atom is 0.243 e. The molecule has 65 heavy (non-hydrogen) atoms. The van der Waals surface area contributed by atoms with E-state index in [0.717, 1.165) is 87.0 Å². The molecule has 8 aromatic rings. The van der Waals surface area contributed by atoms with Crippen molar-refractivity contribution in [3.63, 3.8) is 0 Å². The molecule has 0 saturated heterocycles. The standard InChI is InChI=1S/C55H52N6O2P2/c1-56(64(62)58(44-26-8-3-9-27-44)52-38-20-16-34-48(52)49-35-17-21-39-53(49)59(64)45-28-10-4-11-29-45)42-24-7-25-43-57(2)65(63)60(46-30-12-5-13-31-46)54-40-22-18-36-50(54)51-37-19-23-41-55(51)61(65)47-32-14-6-15-33-47/h3-6,8-23,26-41H,7,24-25,42-43H2,1-2H3. The Balaban J connectivity index is 0.988. The van der Waals surface area contributed by atoms with Crippen LogP contribution in [0.2, 0.25) is 0 Å². The molecule has 0 amide bonds. The van der Waals surface area contributed by atoms with Crippen molar-refractivity contribution in [2.75, 3.05) is 45.9 Å². The third-order valence-electron chi connectivity index (χ3n) is 12.5. The fourth-order valence-corrected chi connectivity index (χ4v) is 15.4. The number of anilines is 8. The molecule has 0 spiro atoms. The molecule has 0 N–H and O–H groups in total. The first kappa shape index (κ1) is 42.6. The molecule has 324 valence electrons. The van der Waals surface area contributed by atoms with E-state index in [1.807, 2.05) is 111 Å². The van der Waals surface area contributed by atoms with E-state index in [0.29, 0.717) is 13.1 Å². The van der Waals surface area contributed by atoms with E-state index in [1.165, 1.54) is 0 Å². The molecule has 8 aromatic carbocycles. The average molecular weight is 891 g/mol. The van der Waals surface area contributed by atoms with Gasteiger partial charge in [0.2, 0.25) is 15.9 Å². The summed E-state index contributed by atoms with van der Waals surface area (Å²) < 4.78 is 12.5. The van der Waals surface area contributed by atoms with Crippen LogP contribution in [0, 0.1) is 0 Å². The Bertz CT molecular complexity index is 2500. The van der Waals surface area contributed by atoms with Crippen LogP contribution in [0.1, 0.15) is 19.3 Å². The highest BCUT2D eigenvalue weighted by atomic mass is 31.2. The van der Waals surface area contributed by atoms with E-state index in [1.54, 1.807) is 0 Å². The van der Waals surface area contributed by atoms with E-state index in [-0.39, 0.29) is 0 Å². The van der Waals surface area contributed by atoms with Gasteiger partial charge in [0.1, 0.15) is 0 Å². The van der Waals surface area contributed by atoms with Gasteiger partial charge in [-0.2, -0.15) is 18.7 Å². The molecule has 0 unspecified atom stereocenters. The van der Waals surface area contributed by atoms with Gasteiger partial charge in [0, 0.05) is 49.4 Å². The summed E-state index contributed by atoms with van der Waals surface area (Å²) in [5.74, 6) is 0. The molecule has 0 aromatic heterocycles. The Hall–Kier alpha value is -6.34. The van der Waals surface area contributed by atoms with E-state index in [9.17, 15) is 0 Å². The third-order valence-corrected chi connectivity index (χ3v) is 18.6. The predicted molar refractivity (Wildman–Crippen MR) is 271 cm³/mol. The minimum atomic E-state index is -3.70. The summed E-state index contributed by atoms with van der Waals surface area (Å²) in [5.41, 5.74) is 11.1. The Morgan fingerprint density at radius 1 is 0.308 bits per heavy atom. The zero-order valence-corrected chi connectivity index (χ0v) is 38.5. The average Bonchev–Trinajstić information content (AvgIpc) is 3.53. The highest BCUT2D eigenvalue weighted by Gasteiger charge is 2.53. The normalized spacial score (nSPS) is 14.9. The summed E-state index contributed by atoms with van der Waals surface area (Å²) in [7, 11) is -3.39. The van der Waals surface area contributed by atoms with E-state index >= 15 is 9.79 Å². The molecular weight excluding hydrogens is 839 g/mol. The number of para-hydroxylation sites is 8. The summed E-state index contributed by atoms with van der Waals surface area (Å²) >= 11 is 0. The van der Waals surface area contributed by atoms with Crippen LogP contribution in [-0.4, -0.2) is 36.5 Å². The Labute approximate surface area is 384 Å². The van der Waals surface area contributed by atoms with Gasteiger partial charge >= 0.3 is 0 Å². The second-order valence-corrected chi connectivity index (χ2v) is 21.5. The first-order valence-electron chi connectivity index (χ1n) is 22.3. The monoisotopic (exact) mass is 890 g/mol. The van der Waals surface area contributed by atoms with Gasteiger partial charge in [-0.05, 0) is 85.6 Å². The van der Waals surface area contributed by atoms with Gasteiger partial charge in [-0.15, -0.1) is 9.34 Å². The molecule has 0 fully saturated rings. The van der Waals surface area contributed by atoms with Gasteiger partial charge in [-0.25, -0.2) is 0 Å². The molecule has 10 rings (SSSR count). The maximum absolute atomic E-state index is 16.9. The highest BCUT2D eigenvalue weighted by molar-refractivity contribution is 7.71. The van der Waals surface area contributed by atoms with Crippen LogP contribution in [0.25, 0.3) is 22.3 Å². The van der Waals surface area contributed by atoms with Crippen molar-refractivity contribution < 1.29 is 9.79 Å². The number of fused-ring (bicyclic) bond motifs is 6. The summed E-state index contributed by atoms with van der Waals surface area (Å²) in [5, 5.41) is 0. The van der Waals surface area contributed by atoms with Crippen molar-refractivity contribution >= 4 is 61.4 Å². The van der Waals surface area contributed by atoms with E-state index in [2.05, 4.69) is 149 Å². The number of unbranched alkanes of at least 4 members (excludes halogenated alkanes) is 2. The molecule has 8 nitrogen and oxygen atoms in total. The van der Waals surface area contributed by atoms with Gasteiger partial charge in [0.15, 0.2) is 0 Å². The van der Waals surface area contributed by atoms with Crippen LogP contribution in [-0.2, 0) is 0 Å². The lowest BCUT2D eigenvalue weighted by atomic mass is 10.0. The highest BCUT2D eigenvalue weighted by Crippen LogP contribution is 2.73. The van der Waals surface area contributed by atoms with Gasteiger partial charge in [-0.3, -0.25) is 0 Å². The maximum atomic E-state index is 16.9. The fourth-order valence-electron chi connectivity index (χ4n) is 9.45. The fraction of sp³-hybridized carbons (Fsp3) is 0.127. The minimum Gasteiger partial charge on any atom is -0.627 e. The van der Waals surface area contributed by atoms with Crippen molar-refractivity contribution in [3.05, 3.63) is 218 Å². The molecule has 2 aliphatic rings. The minimum absolute atomic E-state index is 0.558.